The smallest absolute Gasteiger partial charge is 0.307 e. The van der Waals surface area contributed by atoms with E-state index in [-0.39, 0.29) is 18.4 Å². The Hall–Kier alpha value is -3.68. The molecule has 0 saturated carbocycles. The van der Waals surface area contributed by atoms with Crippen LogP contribution in [0.1, 0.15) is 19.2 Å². The van der Waals surface area contributed by atoms with Crippen molar-refractivity contribution in [1.29, 1.82) is 0 Å². The third-order valence-corrected chi connectivity index (χ3v) is 4.27. The maximum absolute atomic E-state index is 12.3. The van der Waals surface area contributed by atoms with Crippen molar-refractivity contribution in [3.63, 3.8) is 0 Å². The number of nitrogens with one attached hydrogen (secondary N) is 2. The third-order valence-electron chi connectivity index (χ3n) is 4.27. The van der Waals surface area contributed by atoms with E-state index in [0.717, 1.165) is 0 Å². The Labute approximate surface area is 166 Å². The van der Waals surface area contributed by atoms with Gasteiger partial charge in [-0.2, -0.15) is 0 Å². The zero-order chi connectivity index (χ0) is 20.8. The zero-order valence-corrected chi connectivity index (χ0v) is 16.1. The van der Waals surface area contributed by atoms with Gasteiger partial charge in [0.2, 0.25) is 0 Å². The van der Waals surface area contributed by atoms with E-state index in [4.69, 9.17) is 9.47 Å². The van der Waals surface area contributed by atoms with E-state index in [1.54, 1.807) is 48.5 Å². The van der Waals surface area contributed by atoms with Gasteiger partial charge in [-0.25, -0.2) is 4.98 Å². The highest BCUT2D eigenvalue weighted by Crippen LogP contribution is 2.23. The Morgan fingerprint density at radius 3 is 2.66 bits per heavy atom. The van der Waals surface area contributed by atoms with Gasteiger partial charge in [0, 0.05) is 6.42 Å². The van der Waals surface area contributed by atoms with Gasteiger partial charge in [0.15, 0.2) is 6.10 Å². The van der Waals surface area contributed by atoms with Crippen LogP contribution in [0.25, 0.3) is 10.9 Å². The summed E-state index contributed by atoms with van der Waals surface area (Å²) < 4.78 is 10.4. The Balaban J connectivity index is 1.56. The van der Waals surface area contributed by atoms with Crippen LogP contribution in [0.3, 0.4) is 0 Å². The first kappa shape index (κ1) is 20.1. The molecule has 2 aromatic carbocycles. The molecule has 1 amide bonds. The molecule has 0 aliphatic rings. The van der Waals surface area contributed by atoms with Gasteiger partial charge >= 0.3 is 5.97 Å². The molecular formula is C21H21N3O5. The molecule has 29 heavy (non-hydrogen) atoms. The number of H-pyrrole nitrogens is 1. The average molecular weight is 395 g/mol. The minimum Gasteiger partial charge on any atom is -0.495 e. The van der Waals surface area contributed by atoms with Gasteiger partial charge in [0.05, 0.1) is 30.1 Å². The number of carbonyl (C=O) groups excluding carboxylic acids is 2. The van der Waals surface area contributed by atoms with E-state index in [2.05, 4.69) is 15.3 Å². The lowest BCUT2D eigenvalue weighted by atomic mass is 10.2. The molecule has 0 radical (unpaired) electrons. The molecule has 3 rings (SSSR count). The number of hydrogen-bond acceptors (Lipinski definition) is 6. The average Bonchev–Trinajstić information content (AvgIpc) is 2.72. The van der Waals surface area contributed by atoms with Crippen LogP contribution in [0.4, 0.5) is 5.69 Å². The number of aromatic amines is 1. The van der Waals surface area contributed by atoms with E-state index >= 15 is 0 Å². The second-order valence-electron chi connectivity index (χ2n) is 6.35. The summed E-state index contributed by atoms with van der Waals surface area (Å²) in [4.78, 5) is 43.4. The fraction of sp³-hybridized carbons (Fsp3) is 0.238. The summed E-state index contributed by atoms with van der Waals surface area (Å²) in [5.41, 5.74) is 0.786. The molecule has 0 saturated heterocycles. The Morgan fingerprint density at radius 1 is 1.14 bits per heavy atom. The highest BCUT2D eigenvalue weighted by atomic mass is 16.5. The molecule has 0 spiro atoms. The largest absolute Gasteiger partial charge is 0.495 e. The fourth-order valence-electron chi connectivity index (χ4n) is 2.77. The van der Waals surface area contributed by atoms with Crippen LogP contribution in [0.5, 0.6) is 5.75 Å². The lowest BCUT2D eigenvalue weighted by Crippen LogP contribution is -2.30. The van der Waals surface area contributed by atoms with Crippen LogP contribution in [0, 0.1) is 0 Å². The maximum atomic E-state index is 12.3. The van der Waals surface area contributed by atoms with E-state index in [1.165, 1.54) is 14.0 Å². The Morgan fingerprint density at radius 2 is 1.86 bits per heavy atom. The van der Waals surface area contributed by atoms with Crippen molar-refractivity contribution in [3.05, 3.63) is 64.7 Å². The first-order valence-electron chi connectivity index (χ1n) is 9.09. The SMILES string of the molecule is COc1ccccc1NC(=O)[C@@H](C)OC(=O)CCc1nc2ccccc2c(=O)[nH]1. The molecule has 0 aliphatic heterocycles. The lowest BCUT2D eigenvalue weighted by molar-refractivity contribution is -0.153. The van der Waals surface area contributed by atoms with Crippen molar-refractivity contribution in [2.24, 2.45) is 0 Å². The van der Waals surface area contributed by atoms with Crippen LogP contribution >= 0.6 is 0 Å². The number of amides is 1. The second kappa shape index (κ2) is 9.01. The number of nitrogens with zero attached hydrogens (tertiary/aromatic N) is 1. The van der Waals surface area contributed by atoms with Gasteiger partial charge < -0.3 is 19.8 Å². The van der Waals surface area contributed by atoms with Crippen molar-refractivity contribution in [3.8, 4) is 5.75 Å². The summed E-state index contributed by atoms with van der Waals surface area (Å²) in [5, 5.41) is 3.15. The summed E-state index contributed by atoms with van der Waals surface area (Å²) in [6, 6.07) is 13.9. The first-order valence-corrected chi connectivity index (χ1v) is 9.09. The molecule has 1 atom stereocenters. The van der Waals surface area contributed by atoms with Gasteiger partial charge in [-0.05, 0) is 31.2 Å². The zero-order valence-electron chi connectivity index (χ0n) is 16.1. The van der Waals surface area contributed by atoms with Gasteiger partial charge in [0.1, 0.15) is 11.6 Å². The van der Waals surface area contributed by atoms with E-state index in [1.807, 2.05) is 0 Å². The van der Waals surface area contributed by atoms with Crippen LogP contribution in [0.2, 0.25) is 0 Å². The number of aromatic nitrogens is 2. The molecule has 1 aromatic heterocycles. The second-order valence-corrected chi connectivity index (χ2v) is 6.35. The number of fused-ring (bicyclic) bond motifs is 1. The van der Waals surface area contributed by atoms with Crippen molar-refractivity contribution in [2.75, 3.05) is 12.4 Å². The van der Waals surface area contributed by atoms with E-state index in [9.17, 15) is 14.4 Å². The highest BCUT2D eigenvalue weighted by Gasteiger charge is 2.19. The van der Waals surface area contributed by atoms with Crippen molar-refractivity contribution in [1.82, 2.24) is 9.97 Å². The van der Waals surface area contributed by atoms with Crippen molar-refractivity contribution >= 4 is 28.5 Å². The molecule has 0 unspecified atom stereocenters. The van der Waals surface area contributed by atoms with Crippen LogP contribution < -0.4 is 15.6 Å². The number of carbonyl (C=O) groups is 2. The van der Waals surface area contributed by atoms with Gasteiger partial charge in [-0.15, -0.1) is 0 Å². The van der Waals surface area contributed by atoms with Crippen molar-refractivity contribution in [2.45, 2.75) is 25.9 Å². The molecule has 0 aliphatic carbocycles. The lowest BCUT2D eigenvalue weighted by Gasteiger charge is -2.15. The molecule has 3 aromatic rings. The third kappa shape index (κ3) is 4.98. The van der Waals surface area contributed by atoms with E-state index < -0.39 is 18.0 Å². The Bertz CT molecular complexity index is 1090. The van der Waals surface area contributed by atoms with Crippen LogP contribution in [0.15, 0.2) is 53.3 Å². The molecule has 1 heterocycles. The van der Waals surface area contributed by atoms with Gasteiger partial charge in [0.25, 0.3) is 11.5 Å². The number of aryl methyl sites for hydroxylation is 1. The van der Waals surface area contributed by atoms with Crippen molar-refractivity contribution < 1.29 is 19.1 Å². The summed E-state index contributed by atoms with van der Waals surface area (Å²) in [6.07, 6.45) is -0.816. The normalized spacial score (nSPS) is 11.7. The summed E-state index contributed by atoms with van der Waals surface area (Å²) in [6.45, 7) is 1.48. The minimum atomic E-state index is -0.990. The Kier molecular flexibility index (Phi) is 6.23. The predicted molar refractivity (Wildman–Crippen MR) is 108 cm³/mol. The number of para-hydroxylation sites is 3. The monoisotopic (exact) mass is 395 g/mol. The quantitative estimate of drug-likeness (QED) is 0.595. The first-order chi connectivity index (χ1) is 14.0. The van der Waals surface area contributed by atoms with E-state index in [0.29, 0.717) is 28.2 Å². The number of methoxy groups -OCH3 is 1. The number of rotatable bonds is 7. The number of benzene rings is 2. The molecular weight excluding hydrogens is 374 g/mol. The maximum Gasteiger partial charge on any atom is 0.307 e. The summed E-state index contributed by atoms with van der Waals surface area (Å²) in [5.74, 6) is -0.147. The van der Waals surface area contributed by atoms with Gasteiger partial charge in [-0.3, -0.25) is 14.4 Å². The molecule has 8 nitrogen and oxygen atoms in total. The topological polar surface area (TPSA) is 110 Å². The molecule has 8 heteroatoms. The molecule has 0 bridgehead atoms. The standard InChI is InChI=1S/C21H21N3O5/c1-13(20(26)23-16-9-5-6-10-17(16)28-2)29-19(25)12-11-18-22-15-8-4-3-7-14(15)21(27)24-18/h3-10,13H,11-12H2,1-2H3,(H,23,26)(H,22,24,27)/t13-/m1/s1. The van der Waals surface area contributed by atoms with Crippen LogP contribution in [-0.2, 0) is 20.7 Å². The fourth-order valence-corrected chi connectivity index (χ4v) is 2.77. The molecule has 0 fully saturated rings. The minimum absolute atomic E-state index is 0.0203. The molecule has 2 N–H and O–H groups in total. The number of esters is 1. The number of anilines is 1. The summed E-state index contributed by atoms with van der Waals surface area (Å²) in [7, 11) is 1.50. The van der Waals surface area contributed by atoms with Crippen LogP contribution in [-0.4, -0.2) is 35.1 Å². The number of ether oxygens (including phenoxy) is 2. The molecule has 150 valence electrons. The number of hydrogen-bond donors (Lipinski definition) is 2. The highest BCUT2D eigenvalue weighted by molar-refractivity contribution is 5.96. The van der Waals surface area contributed by atoms with Gasteiger partial charge in [-0.1, -0.05) is 24.3 Å². The summed E-state index contributed by atoms with van der Waals surface area (Å²) >= 11 is 0. The predicted octanol–water partition coefficient (Wildman–Crippen LogP) is 2.43.